The highest BCUT2D eigenvalue weighted by Gasteiger charge is 2.14. The molecule has 1 aromatic heterocycles. The molecule has 0 aliphatic heterocycles. The van der Waals surface area contributed by atoms with E-state index < -0.39 is 0 Å². The third-order valence-corrected chi connectivity index (χ3v) is 4.27. The van der Waals surface area contributed by atoms with Gasteiger partial charge in [-0.1, -0.05) is 42.5 Å². The van der Waals surface area contributed by atoms with Crippen LogP contribution >= 0.6 is 0 Å². The molecule has 3 aromatic rings. The smallest absolute Gasteiger partial charge is 0.287 e. The number of nitrogens with zero attached hydrogens (tertiary/aromatic N) is 1. The molecule has 0 radical (unpaired) electrons. The van der Waals surface area contributed by atoms with Crippen molar-refractivity contribution >= 4 is 5.91 Å². The maximum absolute atomic E-state index is 13.8. The van der Waals surface area contributed by atoms with Crippen LogP contribution in [0.25, 0.3) is 11.3 Å². The van der Waals surface area contributed by atoms with Gasteiger partial charge in [-0.25, -0.2) is 4.39 Å². The number of carbonyl (C=O) groups is 1. The Kier molecular flexibility index (Phi) is 6.39. The number of nitrogens with one attached hydrogen (secondary N) is 1. The summed E-state index contributed by atoms with van der Waals surface area (Å²) in [7, 11) is 2.06. The molecule has 2 aromatic carbocycles. The molecular formula is C22H23FN2O2. The fourth-order valence-electron chi connectivity index (χ4n) is 2.88. The lowest BCUT2D eigenvalue weighted by molar-refractivity contribution is 0.0925. The fourth-order valence-corrected chi connectivity index (χ4v) is 2.88. The third kappa shape index (κ3) is 5.28. The Hall–Kier alpha value is -2.92. The lowest BCUT2D eigenvalue weighted by Crippen LogP contribution is -2.27. The molecule has 0 spiro atoms. The number of halogens is 1. The first kappa shape index (κ1) is 18.9. The van der Waals surface area contributed by atoms with Crippen molar-refractivity contribution in [1.82, 2.24) is 10.2 Å². The van der Waals surface area contributed by atoms with Crippen LogP contribution in [0.2, 0.25) is 0 Å². The number of amides is 1. The summed E-state index contributed by atoms with van der Waals surface area (Å²) in [6.45, 7) is 2.29. The van der Waals surface area contributed by atoms with Crippen molar-refractivity contribution in [3.8, 4) is 11.3 Å². The molecule has 0 unspecified atom stereocenters. The molecule has 1 heterocycles. The van der Waals surface area contributed by atoms with E-state index in [4.69, 9.17) is 4.42 Å². The van der Waals surface area contributed by atoms with Crippen LogP contribution in [-0.2, 0) is 6.54 Å². The first-order valence-electron chi connectivity index (χ1n) is 8.99. The van der Waals surface area contributed by atoms with Gasteiger partial charge in [-0.15, -0.1) is 0 Å². The molecule has 4 nitrogen and oxygen atoms in total. The molecule has 0 atom stereocenters. The van der Waals surface area contributed by atoms with Gasteiger partial charge in [-0.2, -0.15) is 0 Å². The predicted molar refractivity (Wildman–Crippen MR) is 104 cm³/mol. The molecule has 1 N–H and O–H groups in total. The van der Waals surface area contributed by atoms with E-state index in [0.29, 0.717) is 17.9 Å². The second-order valence-corrected chi connectivity index (χ2v) is 6.48. The van der Waals surface area contributed by atoms with Gasteiger partial charge >= 0.3 is 0 Å². The van der Waals surface area contributed by atoms with Gasteiger partial charge < -0.3 is 14.6 Å². The van der Waals surface area contributed by atoms with Crippen LogP contribution < -0.4 is 5.32 Å². The molecule has 1 amide bonds. The molecule has 0 aliphatic carbocycles. The van der Waals surface area contributed by atoms with Crippen molar-refractivity contribution in [2.24, 2.45) is 0 Å². The van der Waals surface area contributed by atoms with Gasteiger partial charge in [0.05, 0.1) is 5.56 Å². The maximum Gasteiger partial charge on any atom is 0.287 e. The van der Waals surface area contributed by atoms with E-state index in [1.54, 1.807) is 30.3 Å². The second-order valence-electron chi connectivity index (χ2n) is 6.48. The molecule has 140 valence electrons. The summed E-state index contributed by atoms with van der Waals surface area (Å²) in [5.41, 5.74) is 1.61. The van der Waals surface area contributed by atoms with Crippen LogP contribution in [0.15, 0.2) is 71.1 Å². The van der Waals surface area contributed by atoms with E-state index in [2.05, 4.69) is 29.4 Å². The fraction of sp³-hybridized carbons (Fsp3) is 0.227. The van der Waals surface area contributed by atoms with Gasteiger partial charge in [0.2, 0.25) is 0 Å². The first-order valence-corrected chi connectivity index (χ1v) is 8.99. The van der Waals surface area contributed by atoms with E-state index in [0.717, 1.165) is 19.5 Å². The Morgan fingerprint density at radius 2 is 1.78 bits per heavy atom. The molecule has 0 fully saturated rings. The molecule has 0 aliphatic rings. The number of benzene rings is 2. The van der Waals surface area contributed by atoms with Crippen LogP contribution in [0.5, 0.6) is 0 Å². The Morgan fingerprint density at radius 3 is 2.56 bits per heavy atom. The zero-order valence-electron chi connectivity index (χ0n) is 15.3. The van der Waals surface area contributed by atoms with Gasteiger partial charge in [-0.05, 0) is 49.8 Å². The molecule has 3 rings (SSSR count). The van der Waals surface area contributed by atoms with E-state index in [-0.39, 0.29) is 17.5 Å². The average Bonchev–Trinajstić information content (AvgIpc) is 3.16. The van der Waals surface area contributed by atoms with Crippen LogP contribution in [-0.4, -0.2) is 30.9 Å². The molecule has 0 saturated heterocycles. The number of hydrogen-bond donors (Lipinski definition) is 1. The Labute approximate surface area is 158 Å². The van der Waals surface area contributed by atoms with E-state index in [1.165, 1.54) is 11.6 Å². The summed E-state index contributed by atoms with van der Waals surface area (Å²) in [5.74, 6) is -0.129. The largest absolute Gasteiger partial charge is 0.451 e. The standard InChI is InChI=1S/C22H23FN2O2/c1-25(16-17-8-3-2-4-9-17)15-7-14-24-22(26)21-13-12-20(27-21)18-10-5-6-11-19(18)23/h2-6,8-13H,7,14-16H2,1H3,(H,24,26). The lowest BCUT2D eigenvalue weighted by Gasteiger charge is -2.16. The van der Waals surface area contributed by atoms with Crippen molar-refractivity contribution in [3.05, 3.63) is 83.9 Å². The van der Waals surface area contributed by atoms with E-state index in [1.807, 2.05) is 18.2 Å². The summed E-state index contributed by atoms with van der Waals surface area (Å²) < 4.78 is 19.3. The Morgan fingerprint density at radius 1 is 1.04 bits per heavy atom. The van der Waals surface area contributed by atoms with Crippen LogP contribution in [0, 0.1) is 5.82 Å². The number of furan rings is 1. The van der Waals surface area contributed by atoms with Gasteiger partial charge in [0.1, 0.15) is 11.6 Å². The van der Waals surface area contributed by atoms with Crippen molar-refractivity contribution < 1.29 is 13.6 Å². The minimum absolute atomic E-state index is 0.186. The number of carbonyl (C=O) groups excluding carboxylic acids is 1. The minimum atomic E-state index is -0.375. The molecule has 27 heavy (non-hydrogen) atoms. The van der Waals surface area contributed by atoms with Gasteiger partial charge in [0.15, 0.2) is 5.76 Å². The predicted octanol–water partition coefficient (Wildman–Crippen LogP) is 4.34. The van der Waals surface area contributed by atoms with Crippen molar-refractivity contribution in [1.29, 1.82) is 0 Å². The average molecular weight is 366 g/mol. The quantitative estimate of drug-likeness (QED) is 0.603. The topological polar surface area (TPSA) is 45.5 Å². The van der Waals surface area contributed by atoms with E-state index in [9.17, 15) is 9.18 Å². The summed E-state index contributed by atoms with van der Waals surface area (Å²) in [6, 6.07) is 19.8. The maximum atomic E-state index is 13.8. The van der Waals surface area contributed by atoms with Crippen molar-refractivity contribution in [2.45, 2.75) is 13.0 Å². The van der Waals surface area contributed by atoms with Crippen LogP contribution in [0.3, 0.4) is 0 Å². The first-order chi connectivity index (χ1) is 13.1. The number of hydrogen-bond acceptors (Lipinski definition) is 3. The summed E-state index contributed by atoms with van der Waals surface area (Å²) in [6.07, 6.45) is 0.829. The summed E-state index contributed by atoms with van der Waals surface area (Å²) >= 11 is 0. The normalized spacial score (nSPS) is 10.9. The van der Waals surface area contributed by atoms with Crippen molar-refractivity contribution in [2.75, 3.05) is 20.1 Å². The monoisotopic (exact) mass is 366 g/mol. The molecule has 0 saturated carbocycles. The summed E-state index contributed by atoms with van der Waals surface area (Å²) in [5, 5.41) is 2.84. The highest BCUT2D eigenvalue weighted by molar-refractivity contribution is 5.92. The highest BCUT2D eigenvalue weighted by Crippen LogP contribution is 2.24. The van der Waals surface area contributed by atoms with E-state index >= 15 is 0 Å². The zero-order valence-corrected chi connectivity index (χ0v) is 15.3. The Bertz CT molecular complexity index is 877. The third-order valence-electron chi connectivity index (χ3n) is 4.27. The lowest BCUT2D eigenvalue weighted by atomic mass is 10.1. The van der Waals surface area contributed by atoms with Gasteiger partial charge in [-0.3, -0.25) is 4.79 Å². The van der Waals surface area contributed by atoms with Gasteiger partial charge in [0, 0.05) is 13.1 Å². The molecule has 0 bridgehead atoms. The molecular weight excluding hydrogens is 343 g/mol. The van der Waals surface area contributed by atoms with Gasteiger partial charge in [0.25, 0.3) is 5.91 Å². The highest BCUT2D eigenvalue weighted by atomic mass is 19.1. The minimum Gasteiger partial charge on any atom is -0.451 e. The second kappa shape index (κ2) is 9.14. The Balaban J connectivity index is 1.44. The van der Waals surface area contributed by atoms with Crippen LogP contribution in [0.4, 0.5) is 4.39 Å². The zero-order chi connectivity index (χ0) is 19.1. The van der Waals surface area contributed by atoms with Crippen LogP contribution in [0.1, 0.15) is 22.5 Å². The summed E-state index contributed by atoms with van der Waals surface area (Å²) in [4.78, 5) is 14.4. The van der Waals surface area contributed by atoms with Crippen molar-refractivity contribution in [3.63, 3.8) is 0 Å². The SMILES string of the molecule is CN(CCCNC(=O)c1ccc(-c2ccccc2F)o1)Cc1ccccc1. The number of rotatable bonds is 8. The molecule has 5 heteroatoms.